The van der Waals surface area contributed by atoms with Crippen molar-refractivity contribution in [1.29, 1.82) is 0 Å². The second-order valence-electron chi connectivity index (χ2n) is 5.86. The lowest BCUT2D eigenvalue weighted by atomic mass is 9.92. The highest BCUT2D eigenvalue weighted by Crippen LogP contribution is 2.34. The Morgan fingerprint density at radius 3 is 3.10 bits per heavy atom. The maximum atomic E-state index is 11.4. The van der Waals surface area contributed by atoms with Crippen molar-refractivity contribution in [2.75, 3.05) is 19.7 Å². The van der Waals surface area contributed by atoms with Crippen molar-refractivity contribution in [1.82, 2.24) is 4.90 Å². The van der Waals surface area contributed by atoms with Crippen molar-refractivity contribution in [3.05, 3.63) is 28.3 Å². The lowest BCUT2D eigenvalue weighted by Crippen LogP contribution is -2.55. The predicted molar refractivity (Wildman–Crippen MR) is 79.3 cm³/mol. The Bertz CT molecular complexity index is 578. The van der Waals surface area contributed by atoms with Gasteiger partial charge in [0.25, 0.3) is 5.91 Å². The molecule has 0 aliphatic carbocycles. The number of carbonyl (C=O) groups excluding carboxylic acids is 1. The average molecular weight is 311 g/mol. The van der Waals surface area contributed by atoms with Crippen LogP contribution in [0.3, 0.4) is 0 Å². The maximum absolute atomic E-state index is 11.4. The smallest absolute Gasteiger partial charge is 0.250 e. The number of β-amino-alcohol motifs (C(OH)–C–C–N with tert-alkyl or cyclic N) is 1. The first kappa shape index (κ1) is 14.6. The second-order valence-corrected chi connectivity index (χ2v) is 6.30. The quantitative estimate of drug-likeness (QED) is 0.876. The molecule has 1 fully saturated rings. The highest BCUT2D eigenvalue weighted by Gasteiger charge is 2.38. The molecule has 5 nitrogen and oxygen atoms in total. The first-order valence-corrected chi connectivity index (χ1v) is 7.54. The Morgan fingerprint density at radius 2 is 2.33 bits per heavy atom. The van der Waals surface area contributed by atoms with E-state index in [1.54, 1.807) is 0 Å². The van der Waals surface area contributed by atoms with Crippen molar-refractivity contribution in [3.63, 3.8) is 0 Å². The van der Waals surface area contributed by atoms with Crippen LogP contribution >= 0.6 is 11.6 Å². The highest BCUT2D eigenvalue weighted by molar-refractivity contribution is 6.30. The monoisotopic (exact) mass is 310 g/mol. The summed E-state index contributed by atoms with van der Waals surface area (Å²) in [5, 5.41) is 11.0. The number of primary amides is 1. The Hall–Kier alpha value is -1.30. The third kappa shape index (κ3) is 2.86. The van der Waals surface area contributed by atoms with Crippen LogP contribution in [-0.4, -0.2) is 41.2 Å². The van der Waals surface area contributed by atoms with E-state index in [0.717, 1.165) is 36.3 Å². The lowest BCUT2D eigenvalue weighted by Gasteiger charge is -2.37. The number of carbonyl (C=O) groups is 1. The van der Waals surface area contributed by atoms with Gasteiger partial charge in [-0.15, -0.1) is 0 Å². The molecule has 1 saturated heterocycles. The molecule has 2 heterocycles. The number of benzene rings is 1. The fourth-order valence-corrected chi connectivity index (χ4v) is 3.43. The number of aliphatic hydroxyl groups is 1. The molecular formula is C15H19ClN2O3. The number of nitrogens with zero attached hydrogens (tertiary/aromatic N) is 1. The summed E-state index contributed by atoms with van der Waals surface area (Å²) < 4.78 is 5.69. The van der Waals surface area contributed by atoms with Crippen LogP contribution < -0.4 is 10.5 Å². The van der Waals surface area contributed by atoms with Crippen LogP contribution in [0, 0.1) is 0 Å². The summed E-state index contributed by atoms with van der Waals surface area (Å²) in [5.74, 6) is 0.243. The van der Waals surface area contributed by atoms with Crippen molar-refractivity contribution >= 4 is 17.5 Å². The molecule has 2 aliphatic heterocycles. The molecule has 0 saturated carbocycles. The standard InChI is InChI=1S/C15H19ClN2O3/c16-12-6-10-2-5-21-13(10)11(7-12)8-18-4-1-3-15(20,9-18)14(17)19/h6-7,20H,1-5,8-9H2,(H2,17,19)/t15-/m1/s1. The fourth-order valence-electron chi connectivity index (χ4n) is 3.16. The number of piperidine rings is 1. The van der Waals surface area contributed by atoms with Crippen LogP contribution in [0.2, 0.25) is 5.02 Å². The zero-order valence-corrected chi connectivity index (χ0v) is 12.5. The molecule has 1 aromatic carbocycles. The molecule has 0 bridgehead atoms. The molecule has 0 spiro atoms. The van der Waals surface area contributed by atoms with E-state index in [1.807, 2.05) is 17.0 Å². The predicted octanol–water partition coefficient (Wildman–Crippen LogP) is 1.09. The summed E-state index contributed by atoms with van der Waals surface area (Å²) in [6.45, 7) is 2.34. The second kappa shape index (κ2) is 5.48. The molecular weight excluding hydrogens is 292 g/mol. The first-order chi connectivity index (χ1) is 9.98. The zero-order valence-electron chi connectivity index (χ0n) is 11.8. The van der Waals surface area contributed by atoms with Gasteiger partial charge in [-0.1, -0.05) is 11.6 Å². The largest absolute Gasteiger partial charge is 0.493 e. The Morgan fingerprint density at radius 1 is 1.52 bits per heavy atom. The van der Waals surface area contributed by atoms with E-state index in [0.29, 0.717) is 24.6 Å². The number of hydrogen-bond acceptors (Lipinski definition) is 4. The number of ether oxygens (including phenoxy) is 1. The van der Waals surface area contributed by atoms with Gasteiger partial charge in [0.2, 0.25) is 0 Å². The van der Waals surface area contributed by atoms with Crippen molar-refractivity contribution in [2.24, 2.45) is 5.73 Å². The molecule has 114 valence electrons. The summed E-state index contributed by atoms with van der Waals surface area (Å²) in [6.07, 6.45) is 2.03. The van der Waals surface area contributed by atoms with Gasteiger partial charge in [-0.25, -0.2) is 0 Å². The Labute approximate surface area is 128 Å². The third-order valence-electron chi connectivity index (χ3n) is 4.23. The maximum Gasteiger partial charge on any atom is 0.250 e. The number of rotatable bonds is 3. The lowest BCUT2D eigenvalue weighted by molar-refractivity contribution is -0.142. The van der Waals surface area contributed by atoms with E-state index < -0.39 is 11.5 Å². The molecule has 21 heavy (non-hydrogen) atoms. The van der Waals surface area contributed by atoms with Crippen molar-refractivity contribution in [2.45, 2.75) is 31.4 Å². The number of hydrogen-bond donors (Lipinski definition) is 2. The summed E-state index contributed by atoms with van der Waals surface area (Å²) in [4.78, 5) is 13.4. The summed E-state index contributed by atoms with van der Waals surface area (Å²) in [6, 6.07) is 3.83. The van der Waals surface area contributed by atoms with Crippen LogP contribution in [0.15, 0.2) is 12.1 Å². The van der Waals surface area contributed by atoms with E-state index in [-0.39, 0.29) is 6.54 Å². The number of fused-ring (bicyclic) bond motifs is 1. The van der Waals surface area contributed by atoms with Crippen molar-refractivity contribution < 1.29 is 14.6 Å². The molecule has 1 aromatic rings. The van der Waals surface area contributed by atoms with Crippen LogP contribution in [0.4, 0.5) is 0 Å². The number of amides is 1. The molecule has 3 N–H and O–H groups in total. The molecule has 0 unspecified atom stereocenters. The van der Waals surface area contributed by atoms with E-state index in [2.05, 4.69) is 0 Å². The van der Waals surface area contributed by atoms with Gasteiger partial charge < -0.3 is 15.6 Å². The average Bonchev–Trinajstić information content (AvgIpc) is 2.86. The van der Waals surface area contributed by atoms with Gasteiger partial charge in [0.15, 0.2) is 5.60 Å². The SMILES string of the molecule is NC(=O)[C@@]1(O)CCCN(Cc2cc(Cl)cc3c2OCC3)C1. The number of halogens is 1. The summed E-state index contributed by atoms with van der Waals surface area (Å²) >= 11 is 6.16. The van der Waals surface area contributed by atoms with Gasteiger partial charge in [0.05, 0.1) is 6.61 Å². The highest BCUT2D eigenvalue weighted by atomic mass is 35.5. The minimum atomic E-state index is -1.43. The first-order valence-electron chi connectivity index (χ1n) is 7.17. The van der Waals surface area contributed by atoms with Gasteiger partial charge in [-0.05, 0) is 37.1 Å². The van der Waals surface area contributed by atoms with Crippen LogP contribution in [-0.2, 0) is 17.8 Å². The van der Waals surface area contributed by atoms with Crippen molar-refractivity contribution in [3.8, 4) is 5.75 Å². The molecule has 0 radical (unpaired) electrons. The van der Waals surface area contributed by atoms with Crippen LogP contribution in [0.5, 0.6) is 5.75 Å². The van der Waals surface area contributed by atoms with E-state index in [1.165, 1.54) is 0 Å². The van der Waals surface area contributed by atoms with E-state index in [4.69, 9.17) is 22.1 Å². The van der Waals surface area contributed by atoms with Gasteiger partial charge in [-0.2, -0.15) is 0 Å². The van der Waals surface area contributed by atoms with Crippen LogP contribution in [0.25, 0.3) is 0 Å². The molecule has 1 atom stereocenters. The van der Waals surface area contributed by atoms with E-state index >= 15 is 0 Å². The molecule has 1 amide bonds. The van der Waals surface area contributed by atoms with Gasteiger partial charge >= 0.3 is 0 Å². The summed E-state index contributed by atoms with van der Waals surface area (Å²) in [7, 11) is 0. The molecule has 0 aromatic heterocycles. The molecule has 2 aliphatic rings. The summed E-state index contributed by atoms with van der Waals surface area (Å²) in [5.41, 5.74) is 6.01. The number of nitrogens with two attached hydrogens (primary N) is 1. The Kier molecular flexibility index (Phi) is 3.82. The van der Waals surface area contributed by atoms with Crippen LogP contribution in [0.1, 0.15) is 24.0 Å². The Balaban J connectivity index is 1.80. The van der Waals surface area contributed by atoms with Gasteiger partial charge in [-0.3, -0.25) is 9.69 Å². The third-order valence-corrected chi connectivity index (χ3v) is 4.45. The molecule has 3 rings (SSSR count). The normalized spacial score (nSPS) is 25.4. The van der Waals surface area contributed by atoms with Gasteiger partial charge in [0.1, 0.15) is 5.75 Å². The topological polar surface area (TPSA) is 75.8 Å². The minimum absolute atomic E-state index is 0.254. The molecule has 6 heteroatoms. The van der Waals surface area contributed by atoms with Gasteiger partial charge in [0, 0.05) is 30.1 Å². The van der Waals surface area contributed by atoms with E-state index in [9.17, 15) is 9.90 Å². The zero-order chi connectivity index (χ0) is 15.0. The number of likely N-dealkylation sites (tertiary alicyclic amines) is 1. The fraction of sp³-hybridized carbons (Fsp3) is 0.533. The minimum Gasteiger partial charge on any atom is -0.493 e.